The van der Waals surface area contributed by atoms with Crippen molar-refractivity contribution in [1.29, 1.82) is 0 Å². The summed E-state index contributed by atoms with van der Waals surface area (Å²) in [7, 11) is 0. The second-order valence-electron chi connectivity index (χ2n) is 3.47. The zero-order valence-electron chi connectivity index (χ0n) is 9.24. The second kappa shape index (κ2) is 7.63. The van der Waals surface area contributed by atoms with Crippen LogP contribution in [0.4, 0.5) is 0 Å². The molecular weight excluding hydrogens is 206 g/mol. The van der Waals surface area contributed by atoms with Crippen LogP contribution in [-0.2, 0) is 11.3 Å². The third-order valence-electron chi connectivity index (χ3n) is 2.04. The van der Waals surface area contributed by atoms with Crippen molar-refractivity contribution in [3.05, 3.63) is 35.0 Å². The van der Waals surface area contributed by atoms with E-state index in [0.29, 0.717) is 0 Å². The zero-order chi connectivity index (χ0) is 10.9. The van der Waals surface area contributed by atoms with Crippen molar-refractivity contribution in [2.45, 2.75) is 26.0 Å². The molecule has 0 spiro atoms. The fourth-order valence-corrected chi connectivity index (χ4v) is 1.90. The summed E-state index contributed by atoms with van der Waals surface area (Å²) in [4.78, 5) is 1.37. The molecule has 0 aliphatic carbocycles. The molecule has 0 aromatic carbocycles. The molecule has 2 nitrogen and oxygen atoms in total. The minimum absolute atomic E-state index is 0.268. The van der Waals surface area contributed by atoms with E-state index < -0.39 is 0 Å². The molecule has 0 saturated carbocycles. The van der Waals surface area contributed by atoms with Crippen LogP contribution in [0.2, 0.25) is 0 Å². The van der Waals surface area contributed by atoms with Crippen LogP contribution in [0.1, 0.15) is 18.2 Å². The largest absolute Gasteiger partial charge is 0.377 e. The summed E-state index contributed by atoms with van der Waals surface area (Å²) in [6.45, 7) is 8.35. The fourth-order valence-electron chi connectivity index (χ4n) is 1.22. The van der Waals surface area contributed by atoms with Gasteiger partial charge in [0.15, 0.2) is 0 Å². The third-order valence-corrected chi connectivity index (χ3v) is 2.91. The van der Waals surface area contributed by atoms with E-state index in [0.717, 1.165) is 26.1 Å². The molecule has 0 fully saturated rings. The molecule has 1 unspecified atom stereocenters. The van der Waals surface area contributed by atoms with Crippen LogP contribution in [0, 0.1) is 0 Å². The molecular formula is C12H19NOS. The van der Waals surface area contributed by atoms with Gasteiger partial charge < -0.3 is 10.1 Å². The fraction of sp³-hybridized carbons (Fsp3) is 0.500. The second-order valence-corrected chi connectivity index (χ2v) is 4.50. The molecule has 0 amide bonds. The molecule has 1 aromatic rings. The molecule has 0 bridgehead atoms. The summed E-state index contributed by atoms with van der Waals surface area (Å²) in [6, 6.07) is 4.21. The summed E-state index contributed by atoms with van der Waals surface area (Å²) in [5, 5.41) is 5.47. The normalized spacial score (nSPS) is 12.6. The quantitative estimate of drug-likeness (QED) is 0.542. The standard InChI is InChI=1S/C12H19NOS/c1-3-4-7-14-11(2)9-13-10-12-6-5-8-15-12/h3,5-6,8,11,13H,1,4,7,9-10H2,2H3. The number of hydrogen-bond acceptors (Lipinski definition) is 3. The molecule has 1 N–H and O–H groups in total. The molecule has 0 aliphatic heterocycles. The van der Waals surface area contributed by atoms with Gasteiger partial charge >= 0.3 is 0 Å². The van der Waals surface area contributed by atoms with Crippen molar-refractivity contribution in [2.75, 3.05) is 13.2 Å². The van der Waals surface area contributed by atoms with Gasteiger partial charge in [0.2, 0.25) is 0 Å². The lowest BCUT2D eigenvalue weighted by molar-refractivity contribution is 0.0692. The van der Waals surface area contributed by atoms with Crippen LogP contribution in [-0.4, -0.2) is 19.3 Å². The Kier molecular flexibility index (Phi) is 6.32. The summed E-state index contributed by atoms with van der Waals surface area (Å²) in [5.74, 6) is 0. The van der Waals surface area contributed by atoms with E-state index >= 15 is 0 Å². The number of hydrogen-bond donors (Lipinski definition) is 1. The first kappa shape index (κ1) is 12.4. The Hall–Kier alpha value is -0.640. The summed E-state index contributed by atoms with van der Waals surface area (Å²) < 4.78 is 5.57. The first-order chi connectivity index (χ1) is 7.33. The molecule has 1 aromatic heterocycles. The van der Waals surface area contributed by atoms with E-state index in [1.165, 1.54) is 4.88 Å². The lowest BCUT2D eigenvalue weighted by atomic mass is 10.3. The maximum atomic E-state index is 5.57. The van der Waals surface area contributed by atoms with Gasteiger partial charge in [-0.3, -0.25) is 0 Å². The number of rotatable bonds is 8. The summed E-state index contributed by atoms with van der Waals surface area (Å²) >= 11 is 1.78. The first-order valence-electron chi connectivity index (χ1n) is 5.28. The Morgan fingerprint density at radius 1 is 1.67 bits per heavy atom. The maximum Gasteiger partial charge on any atom is 0.0671 e. The van der Waals surface area contributed by atoms with Gasteiger partial charge in [0.1, 0.15) is 0 Å². The van der Waals surface area contributed by atoms with Gasteiger partial charge in [-0.1, -0.05) is 12.1 Å². The van der Waals surface area contributed by atoms with Crippen LogP contribution in [0.15, 0.2) is 30.2 Å². The van der Waals surface area contributed by atoms with Crippen LogP contribution in [0.3, 0.4) is 0 Å². The highest BCUT2D eigenvalue weighted by Crippen LogP contribution is 2.07. The Bertz CT molecular complexity index is 259. The molecule has 1 heterocycles. The first-order valence-corrected chi connectivity index (χ1v) is 6.16. The van der Waals surface area contributed by atoms with E-state index in [4.69, 9.17) is 4.74 Å². The van der Waals surface area contributed by atoms with Crippen LogP contribution < -0.4 is 5.32 Å². The average molecular weight is 225 g/mol. The van der Waals surface area contributed by atoms with E-state index in [1.54, 1.807) is 11.3 Å². The van der Waals surface area contributed by atoms with Crippen molar-refractivity contribution in [1.82, 2.24) is 5.32 Å². The molecule has 84 valence electrons. The molecule has 1 rings (SSSR count). The predicted octanol–water partition coefficient (Wildman–Crippen LogP) is 2.82. The number of ether oxygens (including phenoxy) is 1. The van der Waals surface area contributed by atoms with Gasteiger partial charge in [-0.05, 0) is 24.8 Å². The number of nitrogens with one attached hydrogen (secondary N) is 1. The minimum Gasteiger partial charge on any atom is -0.377 e. The smallest absolute Gasteiger partial charge is 0.0671 e. The zero-order valence-corrected chi connectivity index (χ0v) is 10.1. The lowest BCUT2D eigenvalue weighted by Crippen LogP contribution is -2.26. The monoisotopic (exact) mass is 225 g/mol. The van der Waals surface area contributed by atoms with E-state index in [9.17, 15) is 0 Å². The van der Waals surface area contributed by atoms with Crippen LogP contribution in [0.5, 0.6) is 0 Å². The Balaban J connectivity index is 2.01. The van der Waals surface area contributed by atoms with E-state index in [-0.39, 0.29) is 6.10 Å². The highest BCUT2D eigenvalue weighted by molar-refractivity contribution is 7.09. The molecule has 1 atom stereocenters. The van der Waals surface area contributed by atoms with Crippen molar-refractivity contribution >= 4 is 11.3 Å². The molecule has 0 saturated heterocycles. The van der Waals surface area contributed by atoms with Crippen molar-refractivity contribution in [2.24, 2.45) is 0 Å². The van der Waals surface area contributed by atoms with Gasteiger partial charge in [0.05, 0.1) is 12.7 Å². The maximum absolute atomic E-state index is 5.57. The van der Waals surface area contributed by atoms with Gasteiger partial charge in [-0.2, -0.15) is 0 Å². The topological polar surface area (TPSA) is 21.3 Å². The highest BCUT2D eigenvalue weighted by atomic mass is 32.1. The molecule has 0 radical (unpaired) electrons. The van der Waals surface area contributed by atoms with Gasteiger partial charge in [-0.15, -0.1) is 17.9 Å². The number of thiophene rings is 1. The molecule has 15 heavy (non-hydrogen) atoms. The lowest BCUT2D eigenvalue weighted by Gasteiger charge is -2.12. The summed E-state index contributed by atoms with van der Waals surface area (Å²) in [5.41, 5.74) is 0. The van der Waals surface area contributed by atoms with E-state index in [1.807, 2.05) is 6.08 Å². The summed E-state index contributed by atoms with van der Waals surface area (Å²) in [6.07, 6.45) is 3.08. The minimum atomic E-state index is 0.268. The Labute approximate surface area is 96.0 Å². The SMILES string of the molecule is C=CCCOC(C)CNCc1cccs1. The van der Waals surface area contributed by atoms with Crippen LogP contribution >= 0.6 is 11.3 Å². The predicted molar refractivity (Wildman–Crippen MR) is 66.3 cm³/mol. The van der Waals surface area contributed by atoms with Gasteiger partial charge in [-0.25, -0.2) is 0 Å². The van der Waals surface area contributed by atoms with Crippen molar-refractivity contribution < 1.29 is 4.74 Å². The van der Waals surface area contributed by atoms with Gasteiger partial charge in [0, 0.05) is 18.0 Å². The molecule has 0 aliphatic rings. The Morgan fingerprint density at radius 2 is 2.53 bits per heavy atom. The van der Waals surface area contributed by atoms with E-state index in [2.05, 4.69) is 36.3 Å². The molecule has 3 heteroatoms. The van der Waals surface area contributed by atoms with Gasteiger partial charge in [0.25, 0.3) is 0 Å². The van der Waals surface area contributed by atoms with Crippen molar-refractivity contribution in [3.8, 4) is 0 Å². The van der Waals surface area contributed by atoms with Crippen molar-refractivity contribution in [3.63, 3.8) is 0 Å². The van der Waals surface area contributed by atoms with Crippen LogP contribution in [0.25, 0.3) is 0 Å². The highest BCUT2D eigenvalue weighted by Gasteiger charge is 2.00. The third kappa shape index (κ3) is 5.72. The average Bonchev–Trinajstić information content (AvgIpc) is 2.71. The Morgan fingerprint density at radius 3 is 3.20 bits per heavy atom.